The third-order valence-corrected chi connectivity index (χ3v) is 5.49. The van der Waals surface area contributed by atoms with Gasteiger partial charge in [-0.3, -0.25) is 0 Å². The summed E-state index contributed by atoms with van der Waals surface area (Å²) in [6.45, 7) is 6.24. The molecule has 0 aliphatic heterocycles. The third-order valence-electron chi connectivity index (χ3n) is 4.66. The Labute approximate surface area is 183 Å². The number of hydrogen-bond acceptors (Lipinski definition) is 4. The highest BCUT2D eigenvalue weighted by molar-refractivity contribution is 8.01. The van der Waals surface area contributed by atoms with E-state index < -0.39 is 0 Å². The molecule has 0 spiro atoms. The molecule has 0 amide bonds. The van der Waals surface area contributed by atoms with E-state index in [1.54, 1.807) is 18.9 Å². The van der Waals surface area contributed by atoms with Crippen LogP contribution < -0.4 is 9.47 Å². The van der Waals surface area contributed by atoms with Gasteiger partial charge >= 0.3 is 0 Å². The lowest BCUT2D eigenvalue weighted by Crippen LogP contribution is -2.04. The van der Waals surface area contributed by atoms with Crippen LogP contribution in [-0.4, -0.2) is 13.0 Å². The molecular weight excluding hydrogens is 390 g/mol. The second kappa shape index (κ2) is 10.7. The van der Waals surface area contributed by atoms with Gasteiger partial charge in [0, 0.05) is 11.8 Å². The molecule has 3 aromatic rings. The van der Waals surface area contributed by atoms with Crippen LogP contribution in [0.25, 0.3) is 0 Å². The maximum absolute atomic E-state index is 6.09. The topological polar surface area (TPSA) is 30.8 Å². The number of aryl methyl sites for hydroxylation is 3. The summed E-state index contributed by atoms with van der Waals surface area (Å²) in [5.41, 5.74) is 5.73. The lowest BCUT2D eigenvalue weighted by atomic mass is 10.1. The minimum atomic E-state index is 0.561. The molecule has 0 atom stereocenters. The van der Waals surface area contributed by atoms with Gasteiger partial charge in [0.2, 0.25) is 5.90 Å². The molecule has 0 aliphatic rings. The van der Waals surface area contributed by atoms with Crippen molar-refractivity contribution in [1.29, 1.82) is 0 Å². The van der Waals surface area contributed by atoms with Gasteiger partial charge in [-0.1, -0.05) is 30.3 Å². The molecule has 0 saturated carbocycles. The van der Waals surface area contributed by atoms with Gasteiger partial charge in [0.05, 0.1) is 12.8 Å². The summed E-state index contributed by atoms with van der Waals surface area (Å²) in [6, 6.07) is 22.3. The van der Waals surface area contributed by atoms with Crippen LogP contribution in [0.15, 0.2) is 83.2 Å². The quantitative estimate of drug-likeness (QED) is 0.301. The minimum Gasteiger partial charge on any atom is -0.497 e. The summed E-state index contributed by atoms with van der Waals surface area (Å²) >= 11 is 1.70. The van der Waals surface area contributed by atoms with Gasteiger partial charge in [-0.25, -0.2) is 4.99 Å². The molecule has 0 unspecified atom stereocenters. The van der Waals surface area contributed by atoms with Crippen molar-refractivity contribution in [2.24, 2.45) is 4.99 Å². The lowest BCUT2D eigenvalue weighted by molar-refractivity contribution is 0.414. The highest BCUT2D eigenvalue weighted by atomic mass is 32.2. The van der Waals surface area contributed by atoms with E-state index in [4.69, 9.17) is 14.5 Å². The summed E-state index contributed by atoms with van der Waals surface area (Å²) in [5.74, 6) is 3.07. The van der Waals surface area contributed by atoms with Crippen molar-refractivity contribution >= 4 is 23.3 Å². The van der Waals surface area contributed by atoms with Gasteiger partial charge in [-0.15, -0.1) is 11.8 Å². The average molecular weight is 418 g/mol. The Morgan fingerprint density at radius 1 is 0.900 bits per heavy atom. The predicted molar refractivity (Wildman–Crippen MR) is 128 cm³/mol. The summed E-state index contributed by atoms with van der Waals surface area (Å²) in [5, 5.41) is 2.03. The van der Waals surface area contributed by atoms with E-state index >= 15 is 0 Å². The number of benzene rings is 3. The number of hydrogen-bond donors (Lipinski definition) is 0. The molecule has 0 aromatic heterocycles. The monoisotopic (exact) mass is 417 g/mol. The zero-order valence-electron chi connectivity index (χ0n) is 17.9. The van der Waals surface area contributed by atoms with Crippen molar-refractivity contribution in [3.63, 3.8) is 0 Å². The highest BCUT2D eigenvalue weighted by Gasteiger charge is 2.03. The van der Waals surface area contributed by atoms with Crippen molar-refractivity contribution in [1.82, 2.24) is 0 Å². The summed E-state index contributed by atoms with van der Waals surface area (Å²) in [6.07, 6.45) is 1.92. The van der Waals surface area contributed by atoms with Gasteiger partial charge in [0.15, 0.2) is 0 Å². The van der Waals surface area contributed by atoms with Crippen LogP contribution in [0.5, 0.6) is 11.5 Å². The van der Waals surface area contributed by atoms with Crippen LogP contribution in [0.1, 0.15) is 22.3 Å². The zero-order chi connectivity index (χ0) is 21.3. The first-order valence-corrected chi connectivity index (χ1v) is 10.9. The molecule has 3 aromatic carbocycles. The molecule has 0 heterocycles. The van der Waals surface area contributed by atoms with Crippen LogP contribution in [0.3, 0.4) is 0 Å². The first kappa shape index (κ1) is 21.7. The molecular formula is C26H27NO2S. The summed E-state index contributed by atoms with van der Waals surface area (Å²) in [7, 11) is 1.68. The van der Waals surface area contributed by atoms with E-state index in [1.165, 1.54) is 16.7 Å². The number of methoxy groups -OCH3 is 1. The molecule has 0 fully saturated rings. The number of ether oxygens (including phenoxy) is 2. The molecule has 0 saturated heterocycles. The Morgan fingerprint density at radius 3 is 2.40 bits per heavy atom. The number of aliphatic imine (C=N–C) groups is 1. The molecule has 0 radical (unpaired) electrons. The Kier molecular flexibility index (Phi) is 7.75. The number of rotatable bonds is 7. The normalized spacial score (nSPS) is 11.7. The van der Waals surface area contributed by atoms with Gasteiger partial charge in [0.1, 0.15) is 11.5 Å². The first-order valence-electron chi connectivity index (χ1n) is 9.85. The number of thioether (sulfide) groups is 1. The summed E-state index contributed by atoms with van der Waals surface area (Å²) < 4.78 is 11.3. The smallest absolute Gasteiger partial charge is 0.220 e. The third kappa shape index (κ3) is 6.53. The Hall–Kier alpha value is -2.98. The molecule has 0 bridgehead atoms. The van der Waals surface area contributed by atoms with E-state index in [0.717, 1.165) is 28.5 Å². The molecule has 0 N–H and O–H groups in total. The Balaban J connectivity index is 1.74. The van der Waals surface area contributed by atoms with E-state index in [0.29, 0.717) is 5.90 Å². The van der Waals surface area contributed by atoms with Gasteiger partial charge in [-0.05, 0) is 84.8 Å². The van der Waals surface area contributed by atoms with Gasteiger partial charge < -0.3 is 9.47 Å². The van der Waals surface area contributed by atoms with Crippen LogP contribution in [0.2, 0.25) is 0 Å². The van der Waals surface area contributed by atoms with Crippen molar-refractivity contribution in [3.05, 3.63) is 100 Å². The lowest BCUT2D eigenvalue weighted by Gasteiger charge is -2.08. The molecule has 3 nitrogen and oxygen atoms in total. The fourth-order valence-electron chi connectivity index (χ4n) is 2.79. The van der Waals surface area contributed by atoms with Crippen molar-refractivity contribution in [2.45, 2.75) is 26.5 Å². The van der Waals surface area contributed by atoms with Gasteiger partial charge in [-0.2, -0.15) is 0 Å². The largest absolute Gasteiger partial charge is 0.497 e. The van der Waals surface area contributed by atoms with Crippen molar-refractivity contribution < 1.29 is 9.47 Å². The van der Waals surface area contributed by atoms with E-state index in [9.17, 15) is 0 Å². The van der Waals surface area contributed by atoms with E-state index in [2.05, 4.69) is 38.1 Å². The molecule has 4 heteroatoms. The van der Waals surface area contributed by atoms with Gasteiger partial charge in [0.25, 0.3) is 0 Å². The molecule has 0 aliphatic carbocycles. The predicted octanol–water partition coefficient (Wildman–Crippen LogP) is 7.18. The van der Waals surface area contributed by atoms with E-state index in [-0.39, 0.29) is 0 Å². The SMILES string of the molecule is COc1ccc(CSC=CC(=Nc2ccc(C)c(C)c2)Oc2cccc(C)c2)cc1. The first-order chi connectivity index (χ1) is 14.5. The Morgan fingerprint density at radius 2 is 1.70 bits per heavy atom. The van der Waals surface area contributed by atoms with Crippen LogP contribution in [-0.2, 0) is 5.75 Å². The average Bonchev–Trinajstić information content (AvgIpc) is 2.74. The fourth-order valence-corrected chi connectivity index (χ4v) is 3.48. The maximum Gasteiger partial charge on any atom is 0.220 e. The van der Waals surface area contributed by atoms with Crippen LogP contribution in [0, 0.1) is 20.8 Å². The highest BCUT2D eigenvalue weighted by Crippen LogP contribution is 2.21. The zero-order valence-corrected chi connectivity index (χ0v) is 18.7. The Bertz CT molecular complexity index is 1040. The molecule has 154 valence electrons. The van der Waals surface area contributed by atoms with Crippen LogP contribution >= 0.6 is 11.8 Å². The fraction of sp³-hybridized carbons (Fsp3) is 0.192. The second-order valence-electron chi connectivity index (χ2n) is 7.10. The molecule has 30 heavy (non-hydrogen) atoms. The van der Waals surface area contributed by atoms with Crippen LogP contribution in [0.4, 0.5) is 5.69 Å². The minimum absolute atomic E-state index is 0.561. The molecule has 3 rings (SSSR count). The number of nitrogens with zero attached hydrogens (tertiary/aromatic N) is 1. The van der Waals surface area contributed by atoms with E-state index in [1.807, 2.05) is 60.9 Å². The van der Waals surface area contributed by atoms with Crippen molar-refractivity contribution in [2.75, 3.05) is 7.11 Å². The standard InChI is InChI=1S/C26H27NO2S/c1-19-6-5-7-25(16-19)29-26(27-23-11-8-20(2)21(3)17-23)14-15-30-18-22-9-12-24(28-4)13-10-22/h5-17H,18H2,1-4H3. The summed E-state index contributed by atoms with van der Waals surface area (Å²) in [4.78, 5) is 4.73. The second-order valence-corrected chi connectivity index (χ2v) is 7.99. The van der Waals surface area contributed by atoms with Crippen molar-refractivity contribution in [3.8, 4) is 11.5 Å². The maximum atomic E-state index is 6.09.